The van der Waals surface area contributed by atoms with Crippen LogP contribution in [0.5, 0.6) is 0 Å². The molecular formula is C14H16FNS. The Balaban J connectivity index is 1.75. The molecule has 0 saturated carbocycles. The van der Waals surface area contributed by atoms with Gasteiger partial charge in [-0.2, -0.15) is 0 Å². The van der Waals surface area contributed by atoms with Gasteiger partial charge in [0, 0.05) is 5.25 Å². The van der Waals surface area contributed by atoms with E-state index in [4.69, 9.17) is 0 Å². The van der Waals surface area contributed by atoms with Crippen LogP contribution in [0.15, 0.2) is 34.7 Å². The van der Waals surface area contributed by atoms with Crippen LogP contribution in [0, 0.1) is 5.82 Å². The van der Waals surface area contributed by atoms with Gasteiger partial charge in [-0.1, -0.05) is 17.7 Å². The van der Waals surface area contributed by atoms with E-state index in [0.29, 0.717) is 5.25 Å². The Hall–Kier alpha value is -0.800. The van der Waals surface area contributed by atoms with Crippen molar-refractivity contribution in [1.82, 2.24) is 5.32 Å². The minimum atomic E-state index is -0.143. The summed E-state index contributed by atoms with van der Waals surface area (Å²) < 4.78 is 12.9. The van der Waals surface area contributed by atoms with Crippen molar-refractivity contribution in [2.75, 3.05) is 13.1 Å². The molecule has 1 N–H and O–H groups in total. The van der Waals surface area contributed by atoms with Gasteiger partial charge in [0.25, 0.3) is 0 Å². The van der Waals surface area contributed by atoms with Crippen LogP contribution in [0.25, 0.3) is 0 Å². The van der Waals surface area contributed by atoms with E-state index in [0.717, 1.165) is 25.9 Å². The Bertz CT molecular complexity index is 420. The number of hydrogen-bond donors (Lipinski definition) is 1. The first-order valence-electron chi connectivity index (χ1n) is 6.16. The van der Waals surface area contributed by atoms with Crippen molar-refractivity contribution >= 4 is 11.8 Å². The minimum Gasteiger partial charge on any atom is -0.316 e. The molecule has 0 amide bonds. The van der Waals surface area contributed by atoms with E-state index < -0.39 is 0 Å². The molecule has 1 atom stereocenters. The van der Waals surface area contributed by atoms with Crippen LogP contribution in [-0.4, -0.2) is 13.1 Å². The van der Waals surface area contributed by atoms with Gasteiger partial charge in [-0.3, -0.25) is 0 Å². The molecule has 3 rings (SSSR count). The van der Waals surface area contributed by atoms with Crippen molar-refractivity contribution in [2.24, 2.45) is 0 Å². The molecule has 1 unspecified atom stereocenters. The van der Waals surface area contributed by atoms with Crippen molar-refractivity contribution in [1.29, 1.82) is 0 Å². The Morgan fingerprint density at radius 2 is 1.88 bits per heavy atom. The number of halogens is 1. The molecule has 1 aromatic carbocycles. The summed E-state index contributed by atoms with van der Waals surface area (Å²) in [4.78, 5) is 1.57. The molecule has 1 nitrogen and oxygen atoms in total. The van der Waals surface area contributed by atoms with Crippen molar-refractivity contribution < 1.29 is 4.39 Å². The first-order chi connectivity index (χ1) is 8.33. The van der Waals surface area contributed by atoms with Gasteiger partial charge < -0.3 is 5.32 Å². The highest BCUT2D eigenvalue weighted by atomic mass is 32.2. The summed E-state index contributed by atoms with van der Waals surface area (Å²) in [6.07, 6.45) is 3.49. The van der Waals surface area contributed by atoms with Crippen LogP contribution in [0.1, 0.15) is 30.1 Å². The molecule has 2 heterocycles. The molecule has 0 bridgehead atoms. The zero-order valence-corrected chi connectivity index (χ0v) is 10.5. The van der Waals surface area contributed by atoms with Gasteiger partial charge in [0.05, 0.1) is 0 Å². The van der Waals surface area contributed by atoms with Crippen molar-refractivity contribution in [3.8, 4) is 0 Å². The van der Waals surface area contributed by atoms with Crippen LogP contribution >= 0.6 is 11.8 Å². The van der Waals surface area contributed by atoms with Gasteiger partial charge in [0.15, 0.2) is 0 Å². The molecule has 90 valence electrons. The second-order valence-corrected chi connectivity index (χ2v) is 5.94. The Morgan fingerprint density at radius 3 is 2.71 bits per heavy atom. The van der Waals surface area contributed by atoms with Gasteiger partial charge >= 0.3 is 0 Å². The average Bonchev–Trinajstić information content (AvgIpc) is 2.62. The molecule has 0 aromatic heterocycles. The highest BCUT2D eigenvalue weighted by Crippen LogP contribution is 2.49. The van der Waals surface area contributed by atoms with E-state index in [1.54, 1.807) is 22.6 Å². The second-order valence-electron chi connectivity index (χ2n) is 4.64. The van der Waals surface area contributed by atoms with Gasteiger partial charge in [-0.25, -0.2) is 4.39 Å². The van der Waals surface area contributed by atoms with E-state index in [9.17, 15) is 4.39 Å². The lowest BCUT2D eigenvalue weighted by molar-refractivity contribution is 0.626. The first kappa shape index (κ1) is 11.3. The van der Waals surface area contributed by atoms with Crippen molar-refractivity contribution in [3.63, 3.8) is 0 Å². The summed E-state index contributed by atoms with van der Waals surface area (Å²) in [5.41, 5.74) is 2.88. The molecule has 0 spiro atoms. The van der Waals surface area contributed by atoms with Crippen molar-refractivity contribution in [2.45, 2.75) is 24.5 Å². The normalized spacial score (nSPS) is 24.6. The predicted octanol–water partition coefficient (Wildman–Crippen LogP) is 3.64. The topological polar surface area (TPSA) is 12.0 Å². The molecule has 2 aliphatic heterocycles. The highest BCUT2D eigenvalue weighted by Gasteiger charge is 2.26. The van der Waals surface area contributed by atoms with E-state index >= 15 is 0 Å². The number of rotatable bonds is 1. The summed E-state index contributed by atoms with van der Waals surface area (Å²) in [5.74, 6) is -0.143. The standard InChI is InChI=1S/C14H16FNS/c15-12-3-1-10(2-4-12)14-9-11-5-7-16-8-6-13(11)17-14/h1-4,14,16H,5-9H2. The minimum absolute atomic E-state index is 0.143. The fourth-order valence-corrected chi connectivity index (χ4v) is 4.03. The quantitative estimate of drug-likeness (QED) is 0.815. The number of thioether (sulfide) groups is 1. The molecule has 2 aliphatic rings. The lowest BCUT2D eigenvalue weighted by atomic mass is 10.0. The SMILES string of the molecule is Fc1ccc(C2CC3=C(CCNCC3)S2)cc1. The zero-order chi connectivity index (χ0) is 11.7. The molecular weight excluding hydrogens is 233 g/mol. The first-order valence-corrected chi connectivity index (χ1v) is 7.04. The van der Waals surface area contributed by atoms with Crippen LogP contribution in [0.4, 0.5) is 4.39 Å². The van der Waals surface area contributed by atoms with Crippen molar-refractivity contribution in [3.05, 3.63) is 46.1 Å². The summed E-state index contributed by atoms with van der Waals surface area (Å²) in [7, 11) is 0. The molecule has 0 aliphatic carbocycles. The summed E-state index contributed by atoms with van der Waals surface area (Å²) in [6, 6.07) is 7.00. The third kappa shape index (κ3) is 2.40. The molecule has 0 radical (unpaired) electrons. The molecule has 17 heavy (non-hydrogen) atoms. The third-order valence-corrected chi connectivity index (χ3v) is 4.99. The fraction of sp³-hybridized carbons (Fsp3) is 0.429. The maximum atomic E-state index is 12.9. The monoisotopic (exact) mass is 249 g/mol. The van der Waals surface area contributed by atoms with Gasteiger partial charge in [0.1, 0.15) is 5.82 Å². The summed E-state index contributed by atoms with van der Waals surface area (Å²) >= 11 is 1.98. The second kappa shape index (κ2) is 4.83. The van der Waals surface area contributed by atoms with Crippen LogP contribution in [0.2, 0.25) is 0 Å². The zero-order valence-electron chi connectivity index (χ0n) is 9.71. The Morgan fingerprint density at radius 1 is 1.12 bits per heavy atom. The highest BCUT2D eigenvalue weighted by molar-refractivity contribution is 8.03. The average molecular weight is 249 g/mol. The lowest BCUT2D eigenvalue weighted by Crippen LogP contribution is -2.14. The molecule has 1 aromatic rings. The fourth-order valence-electron chi connectivity index (χ4n) is 2.54. The van der Waals surface area contributed by atoms with Crippen LogP contribution in [-0.2, 0) is 0 Å². The molecule has 0 fully saturated rings. The maximum absolute atomic E-state index is 12.9. The molecule has 3 heteroatoms. The number of nitrogens with one attached hydrogen (secondary N) is 1. The molecule has 0 saturated heterocycles. The van der Waals surface area contributed by atoms with Crippen LogP contribution < -0.4 is 5.32 Å². The van der Waals surface area contributed by atoms with Crippen LogP contribution in [0.3, 0.4) is 0 Å². The van der Waals surface area contributed by atoms with E-state index in [-0.39, 0.29) is 5.82 Å². The Labute approximate surface area is 105 Å². The van der Waals surface area contributed by atoms with Gasteiger partial charge in [0.2, 0.25) is 0 Å². The third-order valence-electron chi connectivity index (χ3n) is 3.48. The maximum Gasteiger partial charge on any atom is 0.123 e. The van der Waals surface area contributed by atoms with Gasteiger partial charge in [-0.05, 0) is 55.0 Å². The van der Waals surface area contributed by atoms with Gasteiger partial charge in [-0.15, -0.1) is 11.8 Å². The van der Waals surface area contributed by atoms with E-state index in [2.05, 4.69) is 5.32 Å². The summed E-state index contributed by atoms with van der Waals surface area (Å²) in [6.45, 7) is 2.21. The summed E-state index contributed by atoms with van der Waals surface area (Å²) in [5, 5.41) is 3.95. The van der Waals surface area contributed by atoms with E-state index in [1.807, 2.05) is 23.9 Å². The predicted molar refractivity (Wildman–Crippen MR) is 70.5 cm³/mol. The largest absolute Gasteiger partial charge is 0.316 e. The number of hydrogen-bond acceptors (Lipinski definition) is 2. The van der Waals surface area contributed by atoms with E-state index in [1.165, 1.54) is 12.0 Å². The number of benzene rings is 1. The smallest absolute Gasteiger partial charge is 0.123 e. The lowest BCUT2D eigenvalue weighted by Gasteiger charge is -2.11. The Kier molecular flexibility index (Phi) is 3.21.